The van der Waals surface area contributed by atoms with E-state index in [-0.39, 0.29) is 5.82 Å². The molecule has 1 aromatic heterocycles. The Hall–Kier alpha value is -1.94. The van der Waals surface area contributed by atoms with Crippen molar-refractivity contribution in [3.63, 3.8) is 0 Å². The molecule has 0 spiro atoms. The Kier molecular flexibility index (Phi) is 5.07. The minimum Gasteiger partial charge on any atom is -0.355 e. The Balaban J connectivity index is 2.09. The lowest BCUT2D eigenvalue weighted by Gasteiger charge is -2.19. The molecule has 0 saturated carbocycles. The summed E-state index contributed by atoms with van der Waals surface area (Å²) in [5.74, 6) is 0.673. The third-order valence-corrected chi connectivity index (χ3v) is 3.10. The minimum atomic E-state index is -0.178. The highest BCUT2D eigenvalue weighted by Crippen LogP contribution is 2.15. The second kappa shape index (κ2) is 7.01. The maximum absolute atomic E-state index is 13.7. The Labute approximate surface area is 119 Å². The zero-order chi connectivity index (χ0) is 14.4. The van der Waals surface area contributed by atoms with Gasteiger partial charge in [-0.2, -0.15) is 0 Å². The maximum Gasteiger partial charge on any atom is 0.128 e. The number of aromatic nitrogens is 1. The molecular formula is C16H20FN3. The van der Waals surface area contributed by atoms with E-state index >= 15 is 0 Å². The van der Waals surface area contributed by atoms with Crippen LogP contribution in [0.1, 0.15) is 18.2 Å². The van der Waals surface area contributed by atoms with E-state index in [1.54, 1.807) is 12.1 Å². The molecule has 0 unspecified atom stereocenters. The van der Waals surface area contributed by atoms with Gasteiger partial charge >= 0.3 is 0 Å². The summed E-state index contributed by atoms with van der Waals surface area (Å²) in [4.78, 5) is 6.53. The zero-order valence-electron chi connectivity index (χ0n) is 11.9. The van der Waals surface area contributed by atoms with Crippen molar-refractivity contribution in [3.05, 3.63) is 59.5 Å². The molecule has 0 aliphatic heterocycles. The first kappa shape index (κ1) is 14.5. The maximum atomic E-state index is 13.7. The van der Waals surface area contributed by atoms with Crippen molar-refractivity contribution in [2.45, 2.75) is 20.0 Å². The largest absolute Gasteiger partial charge is 0.355 e. The molecule has 2 rings (SSSR count). The molecule has 0 atom stereocenters. The molecule has 1 heterocycles. The van der Waals surface area contributed by atoms with Crippen LogP contribution < -0.4 is 10.2 Å². The summed E-state index contributed by atoms with van der Waals surface area (Å²) in [6.45, 7) is 4.23. The number of nitrogens with zero attached hydrogens (tertiary/aromatic N) is 2. The van der Waals surface area contributed by atoms with Crippen LogP contribution in [0.25, 0.3) is 0 Å². The van der Waals surface area contributed by atoms with Gasteiger partial charge in [0.1, 0.15) is 11.6 Å². The number of halogens is 1. The van der Waals surface area contributed by atoms with Crippen LogP contribution in [0.4, 0.5) is 10.2 Å². The normalized spacial score (nSPS) is 10.6. The quantitative estimate of drug-likeness (QED) is 0.877. The Morgan fingerprint density at radius 2 is 1.95 bits per heavy atom. The van der Waals surface area contributed by atoms with E-state index in [0.29, 0.717) is 12.1 Å². The van der Waals surface area contributed by atoms with Gasteiger partial charge in [0, 0.05) is 25.7 Å². The summed E-state index contributed by atoms with van der Waals surface area (Å²) in [5, 5.41) is 3.25. The number of pyridine rings is 1. The summed E-state index contributed by atoms with van der Waals surface area (Å²) >= 11 is 0. The summed E-state index contributed by atoms with van der Waals surface area (Å²) in [7, 11) is 1.92. The van der Waals surface area contributed by atoms with Gasteiger partial charge in [0.25, 0.3) is 0 Å². The average Bonchev–Trinajstić information content (AvgIpc) is 2.48. The molecule has 1 N–H and O–H groups in total. The predicted octanol–water partition coefficient (Wildman–Crippen LogP) is 2.97. The van der Waals surface area contributed by atoms with Gasteiger partial charge in [0.05, 0.1) is 5.69 Å². The molecule has 0 aliphatic carbocycles. The first-order chi connectivity index (χ1) is 9.70. The fraction of sp³-hybridized carbons (Fsp3) is 0.312. The van der Waals surface area contributed by atoms with Crippen LogP contribution in [0.15, 0.2) is 42.5 Å². The molecule has 1 aromatic carbocycles. The molecule has 0 bridgehead atoms. The summed E-state index contributed by atoms with van der Waals surface area (Å²) in [6.07, 6.45) is 0. The lowest BCUT2D eigenvalue weighted by atomic mass is 10.2. The molecule has 0 radical (unpaired) electrons. The molecule has 0 fully saturated rings. The summed E-state index contributed by atoms with van der Waals surface area (Å²) in [6, 6.07) is 12.7. The lowest BCUT2D eigenvalue weighted by Crippen LogP contribution is -2.20. The van der Waals surface area contributed by atoms with Crippen LogP contribution in [0.2, 0.25) is 0 Å². The third-order valence-electron chi connectivity index (χ3n) is 3.10. The predicted molar refractivity (Wildman–Crippen MR) is 80.1 cm³/mol. The number of benzene rings is 1. The van der Waals surface area contributed by atoms with Crippen LogP contribution in [-0.4, -0.2) is 18.6 Å². The van der Waals surface area contributed by atoms with Gasteiger partial charge in [-0.1, -0.05) is 31.2 Å². The second-order valence-electron chi connectivity index (χ2n) is 4.71. The molecule has 2 aromatic rings. The van der Waals surface area contributed by atoms with Crippen molar-refractivity contribution in [3.8, 4) is 0 Å². The summed E-state index contributed by atoms with van der Waals surface area (Å²) < 4.78 is 13.7. The van der Waals surface area contributed by atoms with Gasteiger partial charge in [-0.3, -0.25) is 0 Å². The third kappa shape index (κ3) is 3.78. The van der Waals surface area contributed by atoms with Crippen molar-refractivity contribution >= 4 is 5.82 Å². The molecule has 0 amide bonds. The smallest absolute Gasteiger partial charge is 0.128 e. The van der Waals surface area contributed by atoms with Gasteiger partial charge in [-0.15, -0.1) is 0 Å². The summed E-state index contributed by atoms with van der Waals surface area (Å²) in [5.41, 5.74) is 1.67. The highest BCUT2D eigenvalue weighted by atomic mass is 19.1. The topological polar surface area (TPSA) is 28.2 Å². The molecule has 106 valence electrons. The van der Waals surface area contributed by atoms with Gasteiger partial charge < -0.3 is 10.2 Å². The fourth-order valence-electron chi connectivity index (χ4n) is 1.99. The van der Waals surface area contributed by atoms with E-state index in [4.69, 9.17) is 0 Å². The van der Waals surface area contributed by atoms with Gasteiger partial charge in [0.15, 0.2) is 0 Å². The molecule has 0 aliphatic rings. The van der Waals surface area contributed by atoms with E-state index in [1.165, 1.54) is 6.07 Å². The first-order valence-electron chi connectivity index (χ1n) is 6.82. The standard InChI is InChI=1S/C16H20FN3/c1-3-18-11-14-8-6-10-16(19-14)20(2)12-13-7-4-5-9-15(13)17/h4-10,18H,3,11-12H2,1-2H3. The van der Waals surface area contributed by atoms with Gasteiger partial charge in [-0.05, 0) is 24.7 Å². The highest BCUT2D eigenvalue weighted by Gasteiger charge is 2.07. The molecule has 4 heteroatoms. The average molecular weight is 273 g/mol. The lowest BCUT2D eigenvalue weighted by molar-refractivity contribution is 0.607. The number of nitrogens with one attached hydrogen (secondary N) is 1. The van der Waals surface area contributed by atoms with Crippen molar-refractivity contribution in [2.75, 3.05) is 18.5 Å². The van der Waals surface area contributed by atoms with Crippen LogP contribution in [0, 0.1) is 5.82 Å². The molecular weight excluding hydrogens is 253 g/mol. The molecule has 3 nitrogen and oxygen atoms in total. The SMILES string of the molecule is CCNCc1cccc(N(C)Cc2ccccc2F)n1. The fourth-order valence-corrected chi connectivity index (χ4v) is 1.99. The number of hydrogen-bond donors (Lipinski definition) is 1. The monoisotopic (exact) mass is 273 g/mol. The van der Waals surface area contributed by atoms with E-state index in [0.717, 1.165) is 24.6 Å². The molecule has 20 heavy (non-hydrogen) atoms. The Bertz CT molecular complexity index is 557. The van der Waals surface area contributed by atoms with E-state index in [1.807, 2.05) is 36.2 Å². The zero-order valence-corrected chi connectivity index (χ0v) is 11.9. The van der Waals surface area contributed by atoms with E-state index in [2.05, 4.69) is 17.2 Å². The van der Waals surface area contributed by atoms with Crippen molar-refractivity contribution in [1.29, 1.82) is 0 Å². The van der Waals surface area contributed by atoms with Crippen LogP contribution in [-0.2, 0) is 13.1 Å². The number of anilines is 1. The van der Waals surface area contributed by atoms with Crippen LogP contribution >= 0.6 is 0 Å². The van der Waals surface area contributed by atoms with E-state index < -0.39 is 0 Å². The minimum absolute atomic E-state index is 0.178. The van der Waals surface area contributed by atoms with Gasteiger partial charge in [-0.25, -0.2) is 9.37 Å². The first-order valence-corrected chi connectivity index (χ1v) is 6.82. The van der Waals surface area contributed by atoms with Crippen LogP contribution in [0.5, 0.6) is 0 Å². The van der Waals surface area contributed by atoms with Crippen molar-refractivity contribution < 1.29 is 4.39 Å². The second-order valence-corrected chi connectivity index (χ2v) is 4.71. The number of hydrogen-bond acceptors (Lipinski definition) is 3. The van der Waals surface area contributed by atoms with Crippen molar-refractivity contribution in [1.82, 2.24) is 10.3 Å². The number of rotatable bonds is 6. The molecule has 0 saturated heterocycles. The van der Waals surface area contributed by atoms with Crippen LogP contribution in [0.3, 0.4) is 0 Å². The Morgan fingerprint density at radius 1 is 1.15 bits per heavy atom. The van der Waals surface area contributed by atoms with E-state index in [9.17, 15) is 4.39 Å². The van der Waals surface area contributed by atoms with Crippen molar-refractivity contribution in [2.24, 2.45) is 0 Å². The van der Waals surface area contributed by atoms with Gasteiger partial charge in [0.2, 0.25) is 0 Å². The Morgan fingerprint density at radius 3 is 2.70 bits per heavy atom. The highest BCUT2D eigenvalue weighted by molar-refractivity contribution is 5.39.